The highest BCUT2D eigenvalue weighted by molar-refractivity contribution is 5.31. The summed E-state index contributed by atoms with van der Waals surface area (Å²) in [6.07, 6.45) is 0.881. The molecule has 7 heteroatoms. The standard InChI is InChI=1S/C17H24F3N3O/c1-4-5-8-12(11-23(2)3)24-16-21-14-10-7-6-9-13(14)15(22-16)17(18,19)20/h4,12H,1,5-11H2,2-3H3. The molecular weight excluding hydrogens is 319 g/mol. The molecule has 0 amide bonds. The quantitative estimate of drug-likeness (QED) is 0.709. The van der Waals surface area contributed by atoms with Crippen molar-refractivity contribution in [3.8, 4) is 6.01 Å². The normalized spacial score (nSPS) is 15.9. The van der Waals surface area contributed by atoms with Gasteiger partial charge in [-0.25, -0.2) is 0 Å². The fraction of sp³-hybridized carbons (Fsp3) is 0.647. The Balaban J connectivity index is 2.29. The highest BCUT2D eigenvalue weighted by atomic mass is 19.4. The molecule has 1 unspecified atom stereocenters. The van der Waals surface area contributed by atoms with Crippen molar-refractivity contribution in [3.05, 3.63) is 29.6 Å². The van der Waals surface area contributed by atoms with E-state index in [0.717, 1.165) is 19.3 Å². The van der Waals surface area contributed by atoms with Crippen molar-refractivity contribution >= 4 is 0 Å². The summed E-state index contributed by atoms with van der Waals surface area (Å²) in [5.74, 6) is 0. The molecule has 1 aliphatic rings. The lowest BCUT2D eigenvalue weighted by atomic mass is 9.94. The molecule has 0 fully saturated rings. The van der Waals surface area contributed by atoms with E-state index in [-0.39, 0.29) is 17.7 Å². The Morgan fingerprint density at radius 1 is 1.25 bits per heavy atom. The third-order valence-corrected chi connectivity index (χ3v) is 3.96. The molecule has 0 bridgehead atoms. The lowest BCUT2D eigenvalue weighted by Crippen LogP contribution is -2.32. The predicted molar refractivity (Wildman–Crippen MR) is 86.1 cm³/mol. The first-order valence-electron chi connectivity index (χ1n) is 8.20. The molecule has 0 N–H and O–H groups in total. The Morgan fingerprint density at radius 3 is 2.58 bits per heavy atom. The predicted octanol–water partition coefficient (Wildman–Crippen LogP) is 3.65. The van der Waals surface area contributed by atoms with Crippen LogP contribution in [0.5, 0.6) is 6.01 Å². The van der Waals surface area contributed by atoms with Crippen molar-refractivity contribution in [2.24, 2.45) is 0 Å². The van der Waals surface area contributed by atoms with E-state index < -0.39 is 11.9 Å². The number of nitrogens with zero attached hydrogens (tertiary/aromatic N) is 3. The van der Waals surface area contributed by atoms with Crippen molar-refractivity contribution in [2.75, 3.05) is 20.6 Å². The van der Waals surface area contributed by atoms with Crippen LogP contribution in [0, 0.1) is 0 Å². The van der Waals surface area contributed by atoms with Crippen molar-refractivity contribution in [1.82, 2.24) is 14.9 Å². The average Bonchev–Trinajstić information content (AvgIpc) is 2.50. The molecule has 1 aromatic rings. The molecular formula is C17H24F3N3O. The third kappa shape index (κ3) is 4.93. The van der Waals surface area contributed by atoms with E-state index in [1.54, 1.807) is 6.08 Å². The largest absolute Gasteiger partial charge is 0.459 e. The summed E-state index contributed by atoms with van der Waals surface area (Å²) in [7, 11) is 3.78. The van der Waals surface area contributed by atoms with E-state index in [0.29, 0.717) is 31.5 Å². The number of halogens is 3. The van der Waals surface area contributed by atoms with Crippen LogP contribution in [0.25, 0.3) is 0 Å². The Bertz CT molecular complexity index is 573. The molecule has 0 aromatic carbocycles. The van der Waals surface area contributed by atoms with Crippen LogP contribution < -0.4 is 4.74 Å². The van der Waals surface area contributed by atoms with E-state index in [1.165, 1.54) is 0 Å². The van der Waals surface area contributed by atoms with E-state index in [2.05, 4.69) is 16.5 Å². The number of hydrogen-bond donors (Lipinski definition) is 0. The Labute approximate surface area is 140 Å². The summed E-state index contributed by atoms with van der Waals surface area (Å²) >= 11 is 0. The first-order chi connectivity index (χ1) is 11.3. The monoisotopic (exact) mass is 343 g/mol. The number of allylic oxidation sites excluding steroid dienone is 1. The van der Waals surface area contributed by atoms with Crippen molar-refractivity contribution in [3.63, 3.8) is 0 Å². The zero-order chi connectivity index (χ0) is 17.7. The second-order valence-corrected chi connectivity index (χ2v) is 6.35. The van der Waals surface area contributed by atoms with Gasteiger partial charge in [0.05, 0.1) is 5.69 Å². The van der Waals surface area contributed by atoms with Crippen LogP contribution in [-0.4, -0.2) is 41.6 Å². The molecule has 0 radical (unpaired) electrons. The summed E-state index contributed by atoms with van der Waals surface area (Å²) < 4.78 is 45.7. The molecule has 0 saturated carbocycles. The van der Waals surface area contributed by atoms with Gasteiger partial charge in [0.2, 0.25) is 0 Å². The lowest BCUT2D eigenvalue weighted by Gasteiger charge is -2.24. The number of hydrogen-bond acceptors (Lipinski definition) is 4. The smallest absolute Gasteiger partial charge is 0.433 e. The maximum atomic E-state index is 13.3. The second kappa shape index (κ2) is 7.96. The van der Waals surface area contributed by atoms with E-state index >= 15 is 0 Å². The van der Waals surface area contributed by atoms with E-state index in [1.807, 2.05) is 19.0 Å². The van der Waals surface area contributed by atoms with Gasteiger partial charge >= 0.3 is 12.2 Å². The van der Waals surface area contributed by atoms with Crippen LogP contribution in [-0.2, 0) is 19.0 Å². The third-order valence-electron chi connectivity index (χ3n) is 3.96. The molecule has 1 aromatic heterocycles. The molecule has 1 atom stereocenters. The number of aromatic nitrogens is 2. The summed E-state index contributed by atoms with van der Waals surface area (Å²) in [5.41, 5.74) is -0.128. The maximum Gasteiger partial charge on any atom is 0.433 e. The minimum Gasteiger partial charge on any atom is -0.459 e. The van der Waals surface area contributed by atoms with E-state index in [4.69, 9.17) is 4.74 Å². The fourth-order valence-corrected chi connectivity index (χ4v) is 2.91. The molecule has 0 aliphatic heterocycles. The van der Waals surface area contributed by atoms with Gasteiger partial charge < -0.3 is 9.64 Å². The van der Waals surface area contributed by atoms with Crippen molar-refractivity contribution in [1.29, 1.82) is 0 Å². The van der Waals surface area contributed by atoms with Crippen LogP contribution in [0.1, 0.15) is 42.6 Å². The van der Waals surface area contributed by atoms with Crippen LogP contribution in [0.2, 0.25) is 0 Å². The number of alkyl halides is 3. The van der Waals surface area contributed by atoms with Gasteiger partial charge in [0.25, 0.3) is 0 Å². The van der Waals surface area contributed by atoms with Gasteiger partial charge in [0.15, 0.2) is 5.69 Å². The number of aryl methyl sites for hydroxylation is 1. The van der Waals surface area contributed by atoms with Crippen LogP contribution >= 0.6 is 0 Å². The highest BCUT2D eigenvalue weighted by Crippen LogP contribution is 2.35. The topological polar surface area (TPSA) is 38.2 Å². The van der Waals surface area contributed by atoms with E-state index in [9.17, 15) is 13.2 Å². The lowest BCUT2D eigenvalue weighted by molar-refractivity contribution is -0.142. The molecule has 0 spiro atoms. The molecule has 4 nitrogen and oxygen atoms in total. The summed E-state index contributed by atoms with van der Waals surface area (Å²) in [5, 5.41) is 0. The zero-order valence-electron chi connectivity index (χ0n) is 14.2. The van der Waals surface area contributed by atoms with Gasteiger partial charge in [0.1, 0.15) is 6.10 Å². The molecule has 1 aliphatic carbocycles. The highest BCUT2D eigenvalue weighted by Gasteiger charge is 2.38. The van der Waals surface area contributed by atoms with Crippen LogP contribution in [0.15, 0.2) is 12.7 Å². The Kier molecular flexibility index (Phi) is 6.21. The molecule has 2 rings (SSSR count). The first kappa shape index (κ1) is 18.7. The number of rotatable bonds is 7. The molecule has 1 heterocycles. The number of fused-ring (bicyclic) bond motifs is 1. The van der Waals surface area contributed by atoms with Gasteiger partial charge in [-0.1, -0.05) is 6.08 Å². The van der Waals surface area contributed by atoms with Crippen molar-refractivity contribution < 1.29 is 17.9 Å². The molecule has 24 heavy (non-hydrogen) atoms. The van der Waals surface area contributed by atoms with Gasteiger partial charge in [-0.15, -0.1) is 6.58 Å². The molecule has 134 valence electrons. The van der Waals surface area contributed by atoms with Gasteiger partial charge in [-0.05, 0) is 52.6 Å². The van der Waals surface area contributed by atoms with Crippen LogP contribution in [0.3, 0.4) is 0 Å². The zero-order valence-corrected chi connectivity index (χ0v) is 14.2. The maximum absolute atomic E-state index is 13.3. The van der Waals surface area contributed by atoms with Gasteiger partial charge in [0, 0.05) is 12.1 Å². The summed E-state index contributed by atoms with van der Waals surface area (Å²) in [6, 6.07) is -0.168. The average molecular weight is 343 g/mol. The minimum atomic E-state index is -4.49. The number of ether oxygens (including phenoxy) is 1. The van der Waals surface area contributed by atoms with Crippen LogP contribution in [0.4, 0.5) is 13.2 Å². The Hall–Kier alpha value is -1.63. The SMILES string of the molecule is C=CCCC(CN(C)C)Oc1nc2c(c(C(F)(F)F)n1)CCCC2. The van der Waals surface area contributed by atoms with Crippen molar-refractivity contribution in [2.45, 2.75) is 50.8 Å². The van der Waals surface area contributed by atoms with Gasteiger partial charge in [-0.3, -0.25) is 0 Å². The van der Waals surface area contributed by atoms with Gasteiger partial charge in [-0.2, -0.15) is 23.1 Å². The summed E-state index contributed by atoms with van der Waals surface area (Å²) in [4.78, 5) is 9.90. The molecule has 0 saturated heterocycles. The fourth-order valence-electron chi connectivity index (χ4n) is 2.91. The first-order valence-corrected chi connectivity index (χ1v) is 8.20. The Morgan fingerprint density at radius 2 is 1.96 bits per heavy atom. The summed E-state index contributed by atoms with van der Waals surface area (Å²) in [6.45, 7) is 4.25. The number of likely N-dealkylation sites (N-methyl/N-ethyl adjacent to an activating group) is 1. The second-order valence-electron chi connectivity index (χ2n) is 6.35. The minimum absolute atomic E-state index is 0.168.